The van der Waals surface area contributed by atoms with E-state index in [4.69, 9.17) is 28.4 Å². The monoisotopic (exact) mass is 1490 g/mol. The maximum absolute atomic E-state index is 14.5. The SMILES string of the molecule is COc1cccc(C2=CN3C(=O)c4cc(OC)c(OCCCOc5cc6c(cc5OC)C(=O)N5CC7(CC7)C[C@H]5C(O)N6C(=O)OCc5ccc(NC(=O)[C@H](C)NC(=O)[C@@H](NC(=O)CNC(=O)CNC(=O)CCC(=O)N6Cc7ccccc7-c7nnn(C(C)C)c7-c7ccccc76)C(C)C)cc5)cc4NC[C@@H]3C2)c1. The molecule has 109 heavy (non-hydrogen) atoms. The number of aliphatic hydroxyl groups excluding tert-OH is 1. The van der Waals surface area contributed by atoms with E-state index >= 15 is 0 Å². The molecule has 1 aromatic heterocycles. The first kappa shape index (κ1) is 75.2. The predicted molar refractivity (Wildman–Crippen MR) is 403 cm³/mol. The van der Waals surface area contributed by atoms with Crippen LogP contribution in [0.1, 0.15) is 123 Å². The minimum absolute atomic E-state index is 0.0292. The Kier molecular flexibility index (Phi) is 22.2. The molecule has 5 atom stereocenters. The van der Waals surface area contributed by atoms with Crippen LogP contribution in [0.2, 0.25) is 0 Å². The highest BCUT2D eigenvalue weighted by molar-refractivity contribution is 6.07. The number of benzene rings is 6. The minimum Gasteiger partial charge on any atom is -0.497 e. The van der Waals surface area contributed by atoms with Crippen molar-refractivity contribution >= 4 is 81.7 Å². The van der Waals surface area contributed by atoms with Crippen LogP contribution >= 0.6 is 0 Å². The molecule has 1 spiro atoms. The van der Waals surface area contributed by atoms with E-state index in [9.17, 15) is 48.3 Å². The third kappa shape index (κ3) is 16.2. The van der Waals surface area contributed by atoms with Crippen molar-refractivity contribution in [2.75, 3.05) is 81.2 Å². The van der Waals surface area contributed by atoms with Crippen molar-refractivity contribution in [3.8, 4) is 51.3 Å². The van der Waals surface area contributed by atoms with Gasteiger partial charge in [0.15, 0.2) is 29.2 Å². The molecule has 29 nitrogen and oxygen atoms in total. The maximum Gasteiger partial charge on any atom is 0.416 e. The van der Waals surface area contributed by atoms with Gasteiger partial charge in [-0.1, -0.05) is 85.8 Å². The average molecular weight is 1490 g/mol. The third-order valence-electron chi connectivity index (χ3n) is 20.6. The molecule has 7 aromatic rings. The second-order valence-electron chi connectivity index (χ2n) is 28.7. The first-order valence-electron chi connectivity index (χ1n) is 36.6. The Hall–Kier alpha value is -12.0. The summed E-state index contributed by atoms with van der Waals surface area (Å²) in [5, 5.41) is 37.7. The molecule has 9 amide bonds. The number of ether oxygens (including phenoxy) is 6. The Morgan fingerprint density at radius 2 is 1.39 bits per heavy atom. The number of aliphatic hydroxyl groups is 1. The highest BCUT2D eigenvalue weighted by atomic mass is 16.6. The highest BCUT2D eigenvalue weighted by Crippen LogP contribution is 2.57. The largest absolute Gasteiger partial charge is 0.497 e. The predicted octanol–water partition coefficient (Wildman–Crippen LogP) is 8.36. The summed E-state index contributed by atoms with van der Waals surface area (Å²) in [5.74, 6) is -2.63. The summed E-state index contributed by atoms with van der Waals surface area (Å²) in [6.45, 7) is 8.95. The second-order valence-corrected chi connectivity index (χ2v) is 28.7. The van der Waals surface area contributed by atoms with Gasteiger partial charge in [0.1, 0.15) is 30.1 Å². The summed E-state index contributed by atoms with van der Waals surface area (Å²) in [6.07, 6.45) is 2.31. The number of amides is 9. The topological polar surface area (TPSA) is 345 Å². The van der Waals surface area contributed by atoms with Gasteiger partial charge in [0.25, 0.3) is 11.8 Å². The van der Waals surface area contributed by atoms with Gasteiger partial charge < -0.3 is 80.1 Å². The third-order valence-corrected chi connectivity index (χ3v) is 20.6. The summed E-state index contributed by atoms with van der Waals surface area (Å²) >= 11 is 0. The first-order valence-corrected chi connectivity index (χ1v) is 36.6. The maximum atomic E-state index is 14.5. The number of hydrogen-bond donors (Lipinski definition) is 7. The number of aromatic nitrogens is 3. The molecule has 0 radical (unpaired) electrons. The Bertz CT molecular complexity index is 4730. The van der Waals surface area contributed by atoms with Crippen molar-refractivity contribution in [3.63, 3.8) is 0 Å². The number of carbonyl (C=O) groups excluding carboxylic acids is 9. The first-order chi connectivity index (χ1) is 52.5. The molecule has 570 valence electrons. The zero-order valence-corrected chi connectivity index (χ0v) is 62.0. The van der Waals surface area contributed by atoms with E-state index in [1.807, 2.05) is 97.5 Å². The van der Waals surface area contributed by atoms with Crippen LogP contribution in [0.25, 0.3) is 28.1 Å². The smallest absolute Gasteiger partial charge is 0.416 e. The molecule has 1 unspecified atom stereocenters. The Morgan fingerprint density at radius 3 is 2.10 bits per heavy atom. The molecule has 1 aliphatic carbocycles. The molecule has 1 saturated carbocycles. The Labute approximate surface area is 629 Å². The van der Waals surface area contributed by atoms with Crippen molar-refractivity contribution in [3.05, 3.63) is 155 Å². The molecule has 29 heteroatoms. The lowest BCUT2D eigenvalue weighted by molar-refractivity contribution is -0.132. The van der Waals surface area contributed by atoms with Crippen LogP contribution in [0.15, 0.2) is 128 Å². The van der Waals surface area contributed by atoms with Crippen LogP contribution in [0.3, 0.4) is 0 Å². The molecule has 7 N–H and O–H groups in total. The number of carbonyl (C=O) groups is 9. The standard InChI is InChI=1S/C80H89N13O16/c1-45(2)71(86-69(96)40-83-68(95)39-82-67(94)25-26-70(97)90-41-50-15-9-10-18-55(50)72-73(93(46(3)4)88-87-72)56-19-11-12-20-60(56)90)75(99)84-47(5)74(98)85-52-23-21-48(22-24-52)43-109-79(103)92-61-36-66(64(106-8)34-58(61)77(101)91-44-80(27-28-80)37-62(91)78(92)102)108-30-14-29-107-65-35-59-57(33-63(65)105-7)76(100)89-42-51(31-53(89)38-81-59)49-16-13-17-54(32-49)104-6/h9-13,15-24,32-36,42,45-47,53,62,71,78,81,102H,14,25-31,37-41,43-44H2,1-8H3,(H,82,94)(H,83,95)(H,84,99)(H,85,98)(H,86,96)/t47-,53-,62-,71-,78?/m0/s1. The lowest BCUT2D eigenvalue weighted by atomic mass is 9.95. The Morgan fingerprint density at radius 1 is 0.688 bits per heavy atom. The molecule has 13 rings (SSSR count). The van der Waals surface area contributed by atoms with Crippen LogP contribution in [-0.2, 0) is 46.7 Å². The molecule has 0 bridgehead atoms. The molecular formula is C80H89N13O16. The summed E-state index contributed by atoms with van der Waals surface area (Å²) < 4.78 is 37.2. The molecular weight excluding hydrogens is 1400 g/mol. The van der Waals surface area contributed by atoms with Gasteiger partial charge in [0.05, 0.1) is 100 Å². The minimum atomic E-state index is -1.50. The molecule has 6 heterocycles. The van der Waals surface area contributed by atoms with Gasteiger partial charge in [-0.3, -0.25) is 38.4 Å². The van der Waals surface area contributed by atoms with Crippen molar-refractivity contribution in [2.24, 2.45) is 11.3 Å². The van der Waals surface area contributed by atoms with E-state index in [-0.39, 0.29) is 97.2 Å². The average Bonchev–Trinajstić information content (AvgIpc) is 1.56. The van der Waals surface area contributed by atoms with Crippen LogP contribution in [0, 0.1) is 11.3 Å². The van der Waals surface area contributed by atoms with Crippen LogP contribution in [0.4, 0.5) is 27.5 Å². The van der Waals surface area contributed by atoms with Gasteiger partial charge in [-0.05, 0) is 123 Å². The summed E-state index contributed by atoms with van der Waals surface area (Å²) in [7, 11) is 4.56. The van der Waals surface area contributed by atoms with Crippen molar-refractivity contribution in [1.82, 2.24) is 46.1 Å². The lowest BCUT2D eigenvalue weighted by Crippen LogP contribution is -2.55. The second kappa shape index (κ2) is 32.2. The zero-order chi connectivity index (χ0) is 76.9. The van der Waals surface area contributed by atoms with E-state index in [1.165, 1.54) is 33.3 Å². The van der Waals surface area contributed by atoms with E-state index in [0.717, 1.165) is 57.0 Å². The van der Waals surface area contributed by atoms with Crippen molar-refractivity contribution in [1.29, 1.82) is 0 Å². The molecule has 2 fully saturated rings. The quantitative estimate of drug-likeness (QED) is 0.0250. The fraction of sp³-hybridized carbons (Fsp3) is 0.388. The van der Waals surface area contributed by atoms with E-state index < -0.39 is 79.0 Å². The van der Waals surface area contributed by atoms with Crippen LogP contribution in [0.5, 0.6) is 28.7 Å². The number of methoxy groups -OCH3 is 3. The fourth-order valence-electron chi connectivity index (χ4n) is 14.5. The lowest BCUT2D eigenvalue weighted by Gasteiger charge is -2.31. The van der Waals surface area contributed by atoms with Gasteiger partial charge in [-0.15, -0.1) is 5.10 Å². The normalized spacial score (nSPS) is 17.5. The van der Waals surface area contributed by atoms with Gasteiger partial charge in [-0.25, -0.2) is 14.4 Å². The summed E-state index contributed by atoms with van der Waals surface area (Å²) in [5.41, 5.74) is 8.49. The van der Waals surface area contributed by atoms with Gasteiger partial charge >= 0.3 is 6.09 Å². The van der Waals surface area contributed by atoms with Crippen LogP contribution in [-0.4, -0.2) is 174 Å². The number of nitrogens with one attached hydrogen (secondary N) is 6. The van der Waals surface area contributed by atoms with Crippen molar-refractivity contribution in [2.45, 2.75) is 129 Å². The number of anilines is 4. The number of para-hydroxylation sites is 1. The molecule has 6 aliphatic rings. The Balaban J connectivity index is 0.570. The van der Waals surface area contributed by atoms with Gasteiger partial charge in [0, 0.05) is 73.5 Å². The molecule has 5 aliphatic heterocycles. The number of rotatable bonds is 26. The number of fused-ring (bicyclic) bond motifs is 9. The fourth-order valence-corrected chi connectivity index (χ4v) is 14.5. The van der Waals surface area contributed by atoms with Crippen LogP contribution < -0.4 is 65.4 Å². The zero-order valence-electron chi connectivity index (χ0n) is 62.0. The summed E-state index contributed by atoms with van der Waals surface area (Å²) in [4.78, 5) is 130. The van der Waals surface area contributed by atoms with Gasteiger partial charge in [-0.2, -0.15) is 0 Å². The molecule has 1 saturated heterocycles. The van der Waals surface area contributed by atoms with E-state index in [2.05, 4.69) is 42.2 Å². The number of hydrogen-bond acceptors (Lipinski definition) is 19. The van der Waals surface area contributed by atoms with E-state index in [0.29, 0.717) is 77.7 Å². The molecule has 6 aromatic carbocycles. The van der Waals surface area contributed by atoms with Crippen molar-refractivity contribution < 1.29 is 76.7 Å². The number of nitrogens with zero attached hydrogens (tertiary/aromatic N) is 7. The highest BCUT2D eigenvalue weighted by Gasteiger charge is 2.58. The van der Waals surface area contributed by atoms with Gasteiger partial charge in [0.2, 0.25) is 35.4 Å². The summed E-state index contributed by atoms with van der Waals surface area (Å²) in [6, 6.07) is 32.6. The van der Waals surface area contributed by atoms with E-state index in [1.54, 1.807) is 72.1 Å².